The highest BCUT2D eigenvalue weighted by atomic mass is 16.5. The summed E-state index contributed by atoms with van der Waals surface area (Å²) in [5, 5.41) is 0. The highest BCUT2D eigenvalue weighted by molar-refractivity contribution is 5.98. The first-order chi connectivity index (χ1) is 12.7. The van der Waals surface area contributed by atoms with Crippen LogP contribution in [0.3, 0.4) is 0 Å². The monoisotopic (exact) mass is 350 g/mol. The molecule has 1 aromatic heterocycles. The van der Waals surface area contributed by atoms with Crippen molar-refractivity contribution in [3.63, 3.8) is 0 Å². The molecule has 2 aromatic rings. The Labute approximate surface area is 155 Å². The van der Waals surface area contributed by atoms with E-state index in [9.17, 15) is 4.79 Å². The molecule has 136 valence electrons. The molecule has 4 nitrogen and oxygen atoms in total. The minimum absolute atomic E-state index is 0.103. The number of rotatable bonds is 5. The van der Waals surface area contributed by atoms with Crippen molar-refractivity contribution in [2.24, 2.45) is 5.92 Å². The van der Waals surface area contributed by atoms with Gasteiger partial charge in [-0.25, -0.2) is 0 Å². The Bertz CT molecular complexity index is 748. The van der Waals surface area contributed by atoms with Gasteiger partial charge in [0, 0.05) is 36.3 Å². The van der Waals surface area contributed by atoms with E-state index in [1.807, 2.05) is 6.07 Å². The van der Waals surface area contributed by atoms with E-state index >= 15 is 0 Å². The van der Waals surface area contributed by atoms with E-state index in [1.165, 1.54) is 24.8 Å². The summed E-state index contributed by atoms with van der Waals surface area (Å²) in [4.78, 5) is 19.9. The second-order valence-corrected chi connectivity index (χ2v) is 7.54. The second-order valence-electron chi connectivity index (χ2n) is 7.54. The van der Waals surface area contributed by atoms with Crippen molar-refractivity contribution < 1.29 is 9.53 Å². The number of hydrogen-bond acceptors (Lipinski definition) is 4. The van der Waals surface area contributed by atoms with E-state index in [4.69, 9.17) is 4.74 Å². The first-order valence-electron chi connectivity index (χ1n) is 9.57. The Morgan fingerprint density at radius 2 is 1.88 bits per heavy atom. The van der Waals surface area contributed by atoms with Crippen LogP contribution in [0.5, 0.6) is 5.75 Å². The van der Waals surface area contributed by atoms with Gasteiger partial charge in [-0.1, -0.05) is 36.8 Å². The number of pyridine rings is 1. The van der Waals surface area contributed by atoms with Gasteiger partial charge in [0.05, 0.1) is 13.3 Å². The average Bonchev–Trinajstić information content (AvgIpc) is 2.68. The lowest BCUT2D eigenvalue weighted by Gasteiger charge is -2.48. The predicted molar refractivity (Wildman–Crippen MR) is 101 cm³/mol. The summed E-state index contributed by atoms with van der Waals surface area (Å²) in [5.41, 5.74) is 2.05. The molecular weight excluding hydrogens is 324 g/mol. The van der Waals surface area contributed by atoms with Gasteiger partial charge in [-0.05, 0) is 37.3 Å². The van der Waals surface area contributed by atoms with E-state index in [2.05, 4.69) is 40.2 Å². The van der Waals surface area contributed by atoms with Crippen molar-refractivity contribution in [3.05, 3.63) is 59.9 Å². The Balaban J connectivity index is 1.49. The van der Waals surface area contributed by atoms with Crippen LogP contribution >= 0.6 is 0 Å². The van der Waals surface area contributed by atoms with E-state index in [1.54, 1.807) is 19.5 Å². The second kappa shape index (κ2) is 7.58. The highest BCUT2D eigenvalue weighted by Crippen LogP contribution is 2.39. The van der Waals surface area contributed by atoms with Crippen molar-refractivity contribution in [2.75, 3.05) is 7.11 Å². The lowest BCUT2D eigenvalue weighted by molar-refractivity contribution is 0.00904. The summed E-state index contributed by atoms with van der Waals surface area (Å²) in [6.07, 6.45) is 8.92. The smallest absolute Gasteiger partial charge is 0.167 e. The molecule has 2 atom stereocenters. The van der Waals surface area contributed by atoms with Gasteiger partial charge >= 0.3 is 0 Å². The molecule has 1 aromatic carbocycles. The topological polar surface area (TPSA) is 42.4 Å². The van der Waals surface area contributed by atoms with Crippen LogP contribution in [0.25, 0.3) is 0 Å². The Morgan fingerprint density at radius 1 is 1.15 bits per heavy atom. The summed E-state index contributed by atoms with van der Waals surface area (Å²) in [5.74, 6) is 0.983. The molecule has 0 amide bonds. The number of ether oxygens (including phenoxy) is 1. The third-order valence-corrected chi connectivity index (χ3v) is 5.94. The van der Waals surface area contributed by atoms with Gasteiger partial charge < -0.3 is 4.74 Å². The van der Waals surface area contributed by atoms with Gasteiger partial charge in [-0.15, -0.1) is 0 Å². The Hall–Kier alpha value is -2.20. The number of aromatic nitrogens is 1. The molecule has 2 aliphatic rings. The zero-order valence-corrected chi connectivity index (χ0v) is 15.3. The van der Waals surface area contributed by atoms with E-state index < -0.39 is 0 Å². The van der Waals surface area contributed by atoms with Crippen molar-refractivity contribution in [1.82, 2.24) is 9.88 Å². The normalized spacial score (nSPS) is 25.7. The quantitative estimate of drug-likeness (QED) is 0.761. The molecule has 26 heavy (non-hydrogen) atoms. The number of fused-ring (bicyclic) bond motifs is 2. The Kier molecular flexibility index (Phi) is 5.02. The van der Waals surface area contributed by atoms with E-state index in [0.717, 1.165) is 19.4 Å². The van der Waals surface area contributed by atoms with Crippen LogP contribution in [-0.2, 0) is 6.54 Å². The maximum absolute atomic E-state index is 13.0. The first kappa shape index (κ1) is 17.2. The lowest BCUT2D eigenvalue weighted by Crippen LogP contribution is -2.52. The molecule has 0 spiro atoms. The summed E-state index contributed by atoms with van der Waals surface area (Å²) in [6.45, 7) is 0.998. The van der Waals surface area contributed by atoms with Gasteiger partial charge in [0.25, 0.3) is 0 Å². The number of hydrogen-bond donors (Lipinski definition) is 0. The minimum atomic E-state index is 0.103. The fourth-order valence-electron chi connectivity index (χ4n) is 4.65. The van der Waals surface area contributed by atoms with Gasteiger partial charge in [-0.2, -0.15) is 0 Å². The maximum Gasteiger partial charge on any atom is 0.167 e. The van der Waals surface area contributed by atoms with Crippen LogP contribution < -0.4 is 4.74 Å². The number of nitrogens with zero attached hydrogens (tertiary/aromatic N) is 2. The molecule has 0 N–H and O–H groups in total. The molecule has 2 unspecified atom stereocenters. The SMILES string of the molecule is COc1cncc(C(=O)C2CC3CCCC(C2)N3Cc2ccccc2)c1. The van der Waals surface area contributed by atoms with Gasteiger partial charge in [0.1, 0.15) is 5.75 Å². The number of piperidine rings is 2. The molecule has 4 heteroatoms. The number of benzene rings is 1. The van der Waals surface area contributed by atoms with Crippen molar-refractivity contribution >= 4 is 5.78 Å². The highest BCUT2D eigenvalue weighted by Gasteiger charge is 2.40. The molecule has 2 fully saturated rings. The fraction of sp³-hybridized carbons (Fsp3) is 0.455. The molecule has 2 aliphatic heterocycles. The van der Waals surface area contributed by atoms with Crippen molar-refractivity contribution in [1.29, 1.82) is 0 Å². The van der Waals surface area contributed by atoms with Gasteiger partial charge in [0.15, 0.2) is 5.78 Å². The number of carbonyl (C=O) groups excluding carboxylic acids is 1. The molecule has 0 radical (unpaired) electrons. The van der Waals surface area contributed by atoms with E-state index in [-0.39, 0.29) is 11.7 Å². The molecule has 4 rings (SSSR count). The standard InChI is InChI=1S/C22H26N2O2/c1-26-21-12-18(13-23-14-21)22(25)17-10-19-8-5-9-20(11-17)24(19)15-16-6-3-2-4-7-16/h2-4,6-7,12-14,17,19-20H,5,8-11,15H2,1H3. The van der Waals surface area contributed by atoms with Gasteiger partial charge in [-0.3, -0.25) is 14.7 Å². The summed E-state index contributed by atoms with van der Waals surface area (Å²) in [6, 6.07) is 13.5. The lowest BCUT2D eigenvalue weighted by atomic mass is 9.75. The van der Waals surface area contributed by atoms with Crippen LogP contribution in [0.1, 0.15) is 48.0 Å². The van der Waals surface area contributed by atoms with E-state index in [0.29, 0.717) is 23.4 Å². The van der Waals surface area contributed by atoms with Crippen molar-refractivity contribution in [3.8, 4) is 5.75 Å². The zero-order chi connectivity index (χ0) is 17.9. The number of carbonyl (C=O) groups is 1. The van der Waals surface area contributed by atoms with Crippen molar-refractivity contribution in [2.45, 2.75) is 50.7 Å². The van der Waals surface area contributed by atoms with Gasteiger partial charge in [0.2, 0.25) is 0 Å². The van der Waals surface area contributed by atoms with Crippen LogP contribution in [-0.4, -0.2) is 34.9 Å². The van der Waals surface area contributed by atoms with Crippen LogP contribution in [0.15, 0.2) is 48.8 Å². The zero-order valence-electron chi connectivity index (χ0n) is 15.3. The maximum atomic E-state index is 13.0. The first-order valence-corrected chi connectivity index (χ1v) is 9.57. The molecule has 0 aliphatic carbocycles. The number of methoxy groups -OCH3 is 1. The van der Waals surface area contributed by atoms with Crippen LogP contribution in [0.2, 0.25) is 0 Å². The van der Waals surface area contributed by atoms with Crippen LogP contribution in [0.4, 0.5) is 0 Å². The molecular formula is C22H26N2O2. The summed E-state index contributed by atoms with van der Waals surface area (Å²) < 4.78 is 5.23. The number of ketones is 1. The third kappa shape index (κ3) is 3.51. The predicted octanol–water partition coefficient (Wildman–Crippen LogP) is 4.11. The summed E-state index contributed by atoms with van der Waals surface area (Å²) in [7, 11) is 1.61. The molecule has 0 saturated carbocycles. The molecule has 3 heterocycles. The molecule has 2 saturated heterocycles. The minimum Gasteiger partial charge on any atom is -0.495 e. The summed E-state index contributed by atoms with van der Waals surface area (Å²) >= 11 is 0. The fourth-order valence-corrected chi connectivity index (χ4v) is 4.65. The average molecular weight is 350 g/mol. The number of Topliss-reactive ketones (excluding diaryl/α,β-unsaturated/α-hetero) is 1. The third-order valence-electron chi connectivity index (χ3n) is 5.94. The van der Waals surface area contributed by atoms with Crippen LogP contribution in [0, 0.1) is 5.92 Å². The Morgan fingerprint density at radius 3 is 2.58 bits per heavy atom. The molecule has 2 bridgehead atoms. The largest absolute Gasteiger partial charge is 0.495 e.